The molecule has 0 aliphatic carbocycles. The maximum absolute atomic E-state index is 5.06. The Morgan fingerprint density at radius 3 is 2.92 bits per heavy atom. The second-order valence-electron chi connectivity index (χ2n) is 3.24. The Kier molecular flexibility index (Phi) is 1.61. The van der Waals surface area contributed by atoms with Crippen molar-refractivity contribution in [2.24, 2.45) is 0 Å². The first-order chi connectivity index (χ1) is 5.79. The molecule has 2 heteroatoms. The lowest BCUT2D eigenvalue weighted by Crippen LogP contribution is -1.86. The maximum Gasteiger partial charge on any atom is 0.167 e. The van der Waals surface area contributed by atoms with Gasteiger partial charge in [-0.15, -0.1) is 0 Å². The molecule has 0 aliphatic heterocycles. The summed E-state index contributed by atoms with van der Waals surface area (Å²) >= 11 is 0. The van der Waals surface area contributed by atoms with Gasteiger partial charge in [0.25, 0.3) is 0 Å². The molecule has 0 N–H and O–H groups in total. The summed E-state index contributed by atoms with van der Waals surface area (Å²) in [7, 11) is 0. The van der Waals surface area contributed by atoms with E-state index in [1.54, 1.807) is 6.20 Å². The van der Waals surface area contributed by atoms with Gasteiger partial charge in [0, 0.05) is 5.39 Å². The van der Waals surface area contributed by atoms with Crippen molar-refractivity contribution in [3.63, 3.8) is 0 Å². The highest BCUT2D eigenvalue weighted by atomic mass is 16.5. The molecule has 1 aromatic carbocycles. The van der Waals surface area contributed by atoms with Crippen molar-refractivity contribution in [2.45, 2.75) is 19.8 Å². The molecule has 1 aromatic heterocycles. The summed E-state index contributed by atoms with van der Waals surface area (Å²) in [5, 5.41) is 4.90. The Hall–Kier alpha value is -1.31. The zero-order chi connectivity index (χ0) is 8.55. The SMILES string of the molecule is CC(C)c1cccc2oncc12. The lowest BCUT2D eigenvalue weighted by molar-refractivity contribution is 0.456. The molecule has 0 bridgehead atoms. The summed E-state index contributed by atoms with van der Waals surface area (Å²) in [5.41, 5.74) is 2.18. The molecule has 0 radical (unpaired) electrons. The van der Waals surface area contributed by atoms with Crippen LogP contribution in [0.1, 0.15) is 25.3 Å². The fourth-order valence-corrected chi connectivity index (χ4v) is 1.42. The van der Waals surface area contributed by atoms with Crippen LogP contribution < -0.4 is 0 Å². The van der Waals surface area contributed by atoms with Crippen molar-refractivity contribution < 1.29 is 4.52 Å². The first-order valence-corrected chi connectivity index (χ1v) is 4.12. The quantitative estimate of drug-likeness (QED) is 0.642. The number of hydrogen-bond acceptors (Lipinski definition) is 2. The number of hydrogen-bond donors (Lipinski definition) is 0. The van der Waals surface area contributed by atoms with Crippen LogP contribution in [0.3, 0.4) is 0 Å². The van der Waals surface area contributed by atoms with Crippen LogP contribution in [0.4, 0.5) is 0 Å². The molecule has 0 saturated heterocycles. The second-order valence-corrected chi connectivity index (χ2v) is 3.24. The predicted octanol–water partition coefficient (Wildman–Crippen LogP) is 2.95. The minimum Gasteiger partial charge on any atom is -0.356 e. The Morgan fingerprint density at radius 1 is 1.33 bits per heavy atom. The molecule has 2 nitrogen and oxygen atoms in total. The van der Waals surface area contributed by atoms with Gasteiger partial charge in [-0.25, -0.2) is 0 Å². The summed E-state index contributed by atoms with van der Waals surface area (Å²) in [4.78, 5) is 0. The summed E-state index contributed by atoms with van der Waals surface area (Å²) < 4.78 is 5.06. The summed E-state index contributed by atoms with van der Waals surface area (Å²) in [5.74, 6) is 0.521. The van der Waals surface area contributed by atoms with Crippen LogP contribution in [0.25, 0.3) is 11.0 Å². The third kappa shape index (κ3) is 0.998. The topological polar surface area (TPSA) is 26.0 Å². The number of fused-ring (bicyclic) bond motifs is 1. The highest BCUT2D eigenvalue weighted by molar-refractivity contribution is 5.80. The van der Waals surface area contributed by atoms with E-state index in [0.717, 1.165) is 11.0 Å². The molecule has 62 valence electrons. The molecule has 2 rings (SSSR count). The minimum atomic E-state index is 0.521. The molecule has 0 unspecified atom stereocenters. The summed E-state index contributed by atoms with van der Waals surface area (Å²) in [6.07, 6.45) is 1.78. The van der Waals surface area contributed by atoms with Gasteiger partial charge in [0.1, 0.15) is 0 Å². The fourth-order valence-electron chi connectivity index (χ4n) is 1.42. The van der Waals surface area contributed by atoms with Gasteiger partial charge in [0.15, 0.2) is 5.58 Å². The maximum atomic E-state index is 5.06. The van der Waals surface area contributed by atoms with E-state index in [4.69, 9.17) is 4.52 Å². The van der Waals surface area contributed by atoms with Crippen LogP contribution in [-0.2, 0) is 0 Å². The van der Waals surface area contributed by atoms with Gasteiger partial charge < -0.3 is 4.52 Å². The fraction of sp³-hybridized carbons (Fsp3) is 0.300. The third-order valence-electron chi connectivity index (χ3n) is 2.05. The second kappa shape index (κ2) is 2.63. The zero-order valence-corrected chi connectivity index (χ0v) is 7.24. The third-order valence-corrected chi connectivity index (χ3v) is 2.05. The van der Waals surface area contributed by atoms with E-state index in [2.05, 4.69) is 25.1 Å². The van der Waals surface area contributed by atoms with E-state index in [1.165, 1.54) is 5.56 Å². The number of benzene rings is 1. The van der Waals surface area contributed by atoms with Crippen LogP contribution in [0.5, 0.6) is 0 Å². The molecule has 0 fully saturated rings. The first-order valence-electron chi connectivity index (χ1n) is 4.12. The largest absolute Gasteiger partial charge is 0.356 e. The van der Waals surface area contributed by atoms with E-state index in [-0.39, 0.29) is 0 Å². The molecule has 0 atom stereocenters. The van der Waals surface area contributed by atoms with E-state index >= 15 is 0 Å². The average Bonchev–Trinajstić information content (AvgIpc) is 2.49. The predicted molar refractivity (Wildman–Crippen MR) is 48.1 cm³/mol. The van der Waals surface area contributed by atoms with Gasteiger partial charge in [0.05, 0.1) is 6.20 Å². The molecule has 0 saturated carbocycles. The van der Waals surface area contributed by atoms with Crippen LogP contribution in [-0.4, -0.2) is 5.16 Å². The van der Waals surface area contributed by atoms with Crippen molar-refractivity contribution in [2.75, 3.05) is 0 Å². The Morgan fingerprint density at radius 2 is 2.17 bits per heavy atom. The van der Waals surface area contributed by atoms with E-state index in [1.807, 2.05) is 12.1 Å². The van der Waals surface area contributed by atoms with Crippen LogP contribution in [0, 0.1) is 0 Å². The number of rotatable bonds is 1. The molecule has 0 aliphatic rings. The molecular weight excluding hydrogens is 150 g/mol. The van der Waals surface area contributed by atoms with Crippen LogP contribution >= 0.6 is 0 Å². The standard InChI is InChI=1S/C10H11NO/c1-7(2)8-4-3-5-10-9(8)6-11-12-10/h3-7H,1-2H3. The first kappa shape index (κ1) is 7.35. The van der Waals surface area contributed by atoms with Gasteiger partial charge >= 0.3 is 0 Å². The Bertz CT molecular complexity index is 389. The van der Waals surface area contributed by atoms with Gasteiger partial charge in [-0.3, -0.25) is 0 Å². The van der Waals surface area contributed by atoms with Gasteiger partial charge in [-0.05, 0) is 17.5 Å². The van der Waals surface area contributed by atoms with Gasteiger partial charge in [-0.1, -0.05) is 31.1 Å². The van der Waals surface area contributed by atoms with Crippen molar-refractivity contribution >= 4 is 11.0 Å². The summed E-state index contributed by atoms with van der Waals surface area (Å²) in [6.45, 7) is 4.34. The minimum absolute atomic E-state index is 0.521. The van der Waals surface area contributed by atoms with E-state index in [9.17, 15) is 0 Å². The van der Waals surface area contributed by atoms with Gasteiger partial charge in [-0.2, -0.15) is 0 Å². The highest BCUT2D eigenvalue weighted by Gasteiger charge is 2.06. The summed E-state index contributed by atoms with van der Waals surface area (Å²) in [6, 6.07) is 6.06. The molecule has 0 amide bonds. The monoisotopic (exact) mass is 161 g/mol. The van der Waals surface area contributed by atoms with E-state index in [0.29, 0.717) is 5.92 Å². The average molecular weight is 161 g/mol. The van der Waals surface area contributed by atoms with Gasteiger partial charge in [0.2, 0.25) is 0 Å². The highest BCUT2D eigenvalue weighted by Crippen LogP contribution is 2.24. The molecule has 0 spiro atoms. The number of aromatic nitrogens is 1. The molecule has 12 heavy (non-hydrogen) atoms. The molecule has 2 aromatic rings. The van der Waals surface area contributed by atoms with Crippen LogP contribution in [0.15, 0.2) is 28.9 Å². The van der Waals surface area contributed by atoms with E-state index < -0.39 is 0 Å². The zero-order valence-electron chi connectivity index (χ0n) is 7.24. The lowest BCUT2D eigenvalue weighted by atomic mass is 10.0. The lowest BCUT2D eigenvalue weighted by Gasteiger charge is -2.04. The van der Waals surface area contributed by atoms with Crippen molar-refractivity contribution in [3.8, 4) is 0 Å². The number of nitrogens with zero attached hydrogens (tertiary/aromatic N) is 1. The molecular formula is C10H11NO. The Balaban J connectivity index is 2.73. The normalized spacial score (nSPS) is 11.2. The van der Waals surface area contributed by atoms with Crippen LogP contribution in [0.2, 0.25) is 0 Å². The van der Waals surface area contributed by atoms with Crippen molar-refractivity contribution in [1.29, 1.82) is 0 Å². The smallest absolute Gasteiger partial charge is 0.167 e. The Labute approximate surface area is 71.2 Å². The molecule has 1 heterocycles. The van der Waals surface area contributed by atoms with Crippen molar-refractivity contribution in [1.82, 2.24) is 5.16 Å². The van der Waals surface area contributed by atoms with Crippen molar-refractivity contribution in [3.05, 3.63) is 30.0 Å².